The van der Waals surface area contributed by atoms with Crippen LogP contribution >= 0.6 is 0 Å². The largest absolute Gasteiger partial charge is 0.399 e. The number of hydrogen-bond acceptors (Lipinski definition) is 2. The van der Waals surface area contributed by atoms with Gasteiger partial charge >= 0.3 is 0 Å². The molecule has 1 aromatic rings. The Morgan fingerprint density at radius 1 is 1.21 bits per heavy atom. The summed E-state index contributed by atoms with van der Waals surface area (Å²) < 4.78 is 0. The average Bonchev–Trinajstić information content (AvgIpc) is 2.89. The topological polar surface area (TPSA) is 46.3 Å². The van der Waals surface area contributed by atoms with Crippen molar-refractivity contribution < 1.29 is 4.79 Å². The Morgan fingerprint density at radius 3 is 2.79 bits per heavy atom. The van der Waals surface area contributed by atoms with E-state index >= 15 is 0 Å². The zero-order valence-electron chi connectivity index (χ0n) is 11.1. The number of anilines is 2. The van der Waals surface area contributed by atoms with Crippen molar-refractivity contribution in [3.8, 4) is 0 Å². The molecule has 0 spiro atoms. The second-order valence-electron chi connectivity index (χ2n) is 6.27. The molecule has 0 aromatic heterocycles. The first-order chi connectivity index (χ1) is 9.25. The fraction of sp³-hybridized carbons (Fsp3) is 0.562. The van der Waals surface area contributed by atoms with E-state index in [9.17, 15) is 4.79 Å². The molecule has 2 aliphatic carbocycles. The highest BCUT2D eigenvalue weighted by atomic mass is 16.2. The highest BCUT2D eigenvalue weighted by Gasteiger charge is 2.57. The van der Waals surface area contributed by atoms with Crippen LogP contribution in [-0.4, -0.2) is 12.5 Å². The van der Waals surface area contributed by atoms with Crippen LogP contribution in [0.3, 0.4) is 0 Å². The first kappa shape index (κ1) is 11.3. The summed E-state index contributed by atoms with van der Waals surface area (Å²) in [5, 5.41) is 0. The van der Waals surface area contributed by atoms with Gasteiger partial charge in [0.1, 0.15) is 0 Å². The van der Waals surface area contributed by atoms with Crippen LogP contribution in [0.4, 0.5) is 11.4 Å². The number of nitrogen functional groups attached to an aromatic ring is 1. The van der Waals surface area contributed by atoms with Crippen molar-refractivity contribution in [2.24, 2.45) is 17.8 Å². The predicted molar refractivity (Wildman–Crippen MR) is 75.8 cm³/mol. The van der Waals surface area contributed by atoms with Gasteiger partial charge in [0.05, 0.1) is 0 Å². The molecule has 0 saturated heterocycles. The molecule has 1 heterocycles. The Kier molecular flexibility index (Phi) is 2.38. The quantitative estimate of drug-likeness (QED) is 0.785. The minimum Gasteiger partial charge on any atom is -0.399 e. The maximum Gasteiger partial charge on any atom is 0.230 e. The van der Waals surface area contributed by atoms with Gasteiger partial charge < -0.3 is 10.6 Å². The van der Waals surface area contributed by atoms with Crippen LogP contribution < -0.4 is 10.6 Å². The molecule has 2 saturated carbocycles. The molecule has 1 amide bonds. The van der Waals surface area contributed by atoms with E-state index in [4.69, 9.17) is 5.73 Å². The lowest BCUT2D eigenvalue weighted by Crippen LogP contribution is -2.37. The number of fused-ring (bicyclic) bond motifs is 2. The highest BCUT2D eigenvalue weighted by molar-refractivity contribution is 5.98. The molecule has 0 bridgehead atoms. The van der Waals surface area contributed by atoms with Gasteiger partial charge in [-0.05, 0) is 61.3 Å². The van der Waals surface area contributed by atoms with E-state index in [1.54, 1.807) is 0 Å². The molecule has 2 atom stereocenters. The molecule has 100 valence electrons. The zero-order chi connectivity index (χ0) is 13.0. The van der Waals surface area contributed by atoms with Gasteiger partial charge in [-0.15, -0.1) is 0 Å². The lowest BCUT2D eigenvalue weighted by molar-refractivity contribution is -0.120. The third kappa shape index (κ3) is 1.67. The van der Waals surface area contributed by atoms with Crippen molar-refractivity contribution in [3.63, 3.8) is 0 Å². The summed E-state index contributed by atoms with van der Waals surface area (Å²) in [7, 11) is 0. The third-order valence-corrected chi connectivity index (χ3v) is 5.18. The van der Waals surface area contributed by atoms with Gasteiger partial charge in [-0.2, -0.15) is 0 Å². The van der Waals surface area contributed by atoms with Crippen molar-refractivity contribution in [2.75, 3.05) is 17.2 Å². The number of carbonyl (C=O) groups excluding carboxylic acids is 1. The molecule has 3 nitrogen and oxygen atoms in total. The second-order valence-corrected chi connectivity index (χ2v) is 6.27. The summed E-state index contributed by atoms with van der Waals surface area (Å²) in [5.41, 5.74) is 9.00. The second kappa shape index (κ2) is 3.99. The Morgan fingerprint density at radius 2 is 2.00 bits per heavy atom. The number of benzene rings is 1. The minimum absolute atomic E-state index is 0.331. The van der Waals surface area contributed by atoms with Crippen molar-refractivity contribution in [2.45, 2.75) is 32.1 Å². The zero-order valence-corrected chi connectivity index (χ0v) is 11.1. The van der Waals surface area contributed by atoms with Crippen LogP contribution in [0.1, 0.15) is 31.2 Å². The van der Waals surface area contributed by atoms with Crippen LogP contribution in [0, 0.1) is 17.8 Å². The van der Waals surface area contributed by atoms with Gasteiger partial charge in [0.15, 0.2) is 0 Å². The van der Waals surface area contributed by atoms with Crippen LogP contribution in [0.25, 0.3) is 0 Å². The number of amides is 1. The number of carbonyl (C=O) groups is 1. The van der Waals surface area contributed by atoms with Gasteiger partial charge in [-0.3, -0.25) is 4.79 Å². The molecular formula is C16H20N2O. The molecule has 3 heteroatoms. The molecule has 4 rings (SSSR count). The monoisotopic (exact) mass is 256 g/mol. The summed E-state index contributed by atoms with van der Waals surface area (Å²) >= 11 is 0. The van der Waals surface area contributed by atoms with Crippen LogP contribution in [-0.2, 0) is 11.2 Å². The average molecular weight is 256 g/mol. The van der Waals surface area contributed by atoms with E-state index in [1.807, 2.05) is 23.1 Å². The summed E-state index contributed by atoms with van der Waals surface area (Å²) in [6.07, 6.45) is 5.96. The molecule has 2 N–H and O–H groups in total. The van der Waals surface area contributed by atoms with Crippen molar-refractivity contribution >= 4 is 17.3 Å². The van der Waals surface area contributed by atoms with Crippen LogP contribution in [0.2, 0.25) is 0 Å². The number of aryl methyl sites for hydroxylation is 1. The third-order valence-electron chi connectivity index (χ3n) is 5.18. The molecule has 1 aromatic carbocycles. The van der Waals surface area contributed by atoms with E-state index in [1.165, 1.54) is 24.8 Å². The molecule has 1 aliphatic heterocycles. The standard InChI is InChI=1S/C16H20N2O/c17-11-6-7-14-10(9-11)3-2-8-18(14)16(19)15-12-4-1-5-13(12)15/h6-7,9,12-13,15H,1-5,8,17H2. The maximum absolute atomic E-state index is 12.7. The number of hydrogen-bond donors (Lipinski definition) is 1. The maximum atomic E-state index is 12.7. The fourth-order valence-corrected chi connectivity index (χ4v) is 4.21. The van der Waals surface area contributed by atoms with Crippen molar-refractivity contribution in [1.29, 1.82) is 0 Å². The number of rotatable bonds is 1. The van der Waals surface area contributed by atoms with E-state index in [2.05, 4.69) is 0 Å². The van der Waals surface area contributed by atoms with E-state index in [-0.39, 0.29) is 0 Å². The highest BCUT2D eigenvalue weighted by Crippen LogP contribution is 2.58. The molecular weight excluding hydrogens is 236 g/mol. The van der Waals surface area contributed by atoms with Gasteiger partial charge in [-0.1, -0.05) is 6.42 Å². The lowest BCUT2D eigenvalue weighted by atomic mass is 9.99. The fourth-order valence-electron chi connectivity index (χ4n) is 4.21. The summed E-state index contributed by atoms with van der Waals surface area (Å²) in [6, 6.07) is 5.97. The van der Waals surface area contributed by atoms with Gasteiger partial charge in [0.25, 0.3) is 0 Å². The SMILES string of the molecule is Nc1ccc2c(c1)CCCN2C(=O)C1C2CCCC21. The lowest BCUT2D eigenvalue weighted by Gasteiger charge is -2.30. The smallest absolute Gasteiger partial charge is 0.230 e. The van der Waals surface area contributed by atoms with E-state index in [0.29, 0.717) is 23.7 Å². The molecule has 2 unspecified atom stereocenters. The van der Waals surface area contributed by atoms with E-state index < -0.39 is 0 Å². The number of nitrogens with zero attached hydrogens (tertiary/aromatic N) is 1. The van der Waals surface area contributed by atoms with Gasteiger partial charge in [0.2, 0.25) is 5.91 Å². The molecule has 0 radical (unpaired) electrons. The molecule has 19 heavy (non-hydrogen) atoms. The first-order valence-corrected chi connectivity index (χ1v) is 7.45. The summed E-state index contributed by atoms with van der Waals surface area (Å²) in [4.78, 5) is 14.7. The van der Waals surface area contributed by atoms with Crippen LogP contribution in [0.5, 0.6) is 0 Å². The molecule has 2 fully saturated rings. The van der Waals surface area contributed by atoms with Crippen molar-refractivity contribution in [1.82, 2.24) is 0 Å². The Bertz CT molecular complexity index is 530. The summed E-state index contributed by atoms with van der Waals surface area (Å²) in [6.45, 7) is 0.881. The Hall–Kier alpha value is -1.51. The molecule has 3 aliphatic rings. The number of nitrogens with two attached hydrogens (primary N) is 1. The minimum atomic E-state index is 0.331. The van der Waals surface area contributed by atoms with Crippen molar-refractivity contribution in [3.05, 3.63) is 23.8 Å². The van der Waals surface area contributed by atoms with Gasteiger partial charge in [0, 0.05) is 23.8 Å². The Labute approximate surface area is 113 Å². The van der Waals surface area contributed by atoms with Crippen LogP contribution in [0.15, 0.2) is 18.2 Å². The Balaban J connectivity index is 1.61. The van der Waals surface area contributed by atoms with Gasteiger partial charge in [-0.25, -0.2) is 0 Å². The normalized spacial score (nSPS) is 31.8. The first-order valence-electron chi connectivity index (χ1n) is 7.45. The predicted octanol–water partition coefficient (Wildman–Crippen LogP) is 2.59. The van der Waals surface area contributed by atoms with E-state index in [0.717, 1.165) is 30.8 Å². The summed E-state index contributed by atoms with van der Waals surface area (Å²) in [5.74, 6) is 2.11.